The van der Waals surface area contributed by atoms with Crippen LogP contribution in [0.3, 0.4) is 0 Å². The Kier molecular flexibility index (Phi) is 4.97. The van der Waals surface area contributed by atoms with Gasteiger partial charge in [0, 0.05) is 24.2 Å². The lowest BCUT2D eigenvalue weighted by Crippen LogP contribution is -2.41. The van der Waals surface area contributed by atoms with Gasteiger partial charge in [0.05, 0.1) is 11.9 Å². The Labute approximate surface area is 142 Å². The van der Waals surface area contributed by atoms with Crippen LogP contribution in [0.1, 0.15) is 30.9 Å². The van der Waals surface area contributed by atoms with Gasteiger partial charge in [0.25, 0.3) is 0 Å². The number of nitrogens with one attached hydrogen (secondary N) is 1. The molecule has 0 aromatic heterocycles. The summed E-state index contributed by atoms with van der Waals surface area (Å²) in [6.45, 7) is 3.80. The molecule has 2 aliphatic heterocycles. The number of rotatable bonds is 4. The zero-order chi connectivity index (χ0) is 16.4. The third kappa shape index (κ3) is 3.56. The summed E-state index contributed by atoms with van der Waals surface area (Å²) in [5.41, 5.74) is 3.75. The van der Waals surface area contributed by atoms with Crippen LogP contribution in [0, 0.1) is 0 Å². The van der Waals surface area contributed by atoms with Crippen molar-refractivity contribution in [2.75, 3.05) is 26.5 Å². The summed E-state index contributed by atoms with van der Waals surface area (Å²) in [6, 6.07) is 8.61. The highest BCUT2D eigenvalue weighted by molar-refractivity contribution is 8.08. The van der Waals surface area contributed by atoms with Crippen molar-refractivity contribution in [1.82, 2.24) is 15.1 Å². The molecule has 4 nitrogen and oxygen atoms in total. The van der Waals surface area contributed by atoms with E-state index in [1.807, 2.05) is 18.8 Å². The molecule has 5 heteroatoms. The highest BCUT2D eigenvalue weighted by Crippen LogP contribution is 2.38. The van der Waals surface area contributed by atoms with E-state index < -0.39 is 0 Å². The minimum atomic E-state index is 0.0486. The smallest absolute Gasteiger partial charge is 0.237 e. The lowest BCUT2D eigenvalue weighted by molar-refractivity contribution is -0.125. The number of hydrogen-bond acceptors (Lipinski definition) is 4. The van der Waals surface area contributed by atoms with Gasteiger partial charge in [-0.1, -0.05) is 24.3 Å². The maximum atomic E-state index is 12.2. The molecule has 2 aliphatic rings. The maximum absolute atomic E-state index is 12.2. The number of amides is 1. The van der Waals surface area contributed by atoms with Crippen LogP contribution < -0.4 is 5.32 Å². The number of allylic oxidation sites excluding steroid dienone is 1. The molecule has 124 valence electrons. The summed E-state index contributed by atoms with van der Waals surface area (Å²) < 4.78 is 0. The molecule has 0 radical (unpaired) electrons. The summed E-state index contributed by atoms with van der Waals surface area (Å²) in [5, 5.41) is 3.07. The van der Waals surface area contributed by atoms with Crippen molar-refractivity contribution in [3.05, 3.63) is 41.1 Å². The number of likely N-dealkylation sites (N-methyl/N-ethyl adjacent to an activating group) is 1. The van der Waals surface area contributed by atoms with Gasteiger partial charge in [-0.25, -0.2) is 0 Å². The first kappa shape index (κ1) is 16.4. The molecule has 1 saturated heterocycles. The second kappa shape index (κ2) is 6.97. The Morgan fingerprint density at radius 2 is 2.04 bits per heavy atom. The lowest BCUT2D eigenvalue weighted by Gasteiger charge is -2.18. The van der Waals surface area contributed by atoms with Crippen molar-refractivity contribution in [3.63, 3.8) is 0 Å². The summed E-state index contributed by atoms with van der Waals surface area (Å²) in [6.07, 6.45) is 2.09. The minimum absolute atomic E-state index is 0.0486. The number of likely N-dealkylation sites (tertiary alicyclic amines) is 1. The van der Waals surface area contributed by atoms with Crippen LogP contribution in [-0.4, -0.2) is 48.3 Å². The normalized spacial score (nSPS) is 22.0. The van der Waals surface area contributed by atoms with Crippen molar-refractivity contribution in [2.24, 2.45) is 0 Å². The number of nitrogens with zero attached hydrogens (tertiary/aromatic N) is 2. The molecule has 1 aromatic rings. The Morgan fingerprint density at radius 3 is 2.61 bits per heavy atom. The van der Waals surface area contributed by atoms with Gasteiger partial charge < -0.3 is 10.2 Å². The summed E-state index contributed by atoms with van der Waals surface area (Å²) in [4.78, 5) is 18.0. The predicted octanol–water partition coefficient (Wildman–Crippen LogP) is 2.72. The van der Waals surface area contributed by atoms with Gasteiger partial charge in [-0.05, 0) is 44.5 Å². The number of hydrogen-bond donors (Lipinski definition) is 1. The summed E-state index contributed by atoms with van der Waals surface area (Å²) in [5.74, 6) is 1.18. The molecule has 23 heavy (non-hydrogen) atoms. The summed E-state index contributed by atoms with van der Waals surface area (Å²) in [7, 11) is 4.15. The van der Waals surface area contributed by atoms with Crippen molar-refractivity contribution in [1.29, 1.82) is 0 Å². The molecule has 1 N–H and O–H groups in total. The Morgan fingerprint density at radius 1 is 1.30 bits per heavy atom. The molecule has 1 fully saturated rings. The average molecular weight is 331 g/mol. The van der Waals surface area contributed by atoms with Crippen LogP contribution in [0.5, 0.6) is 0 Å². The van der Waals surface area contributed by atoms with Crippen LogP contribution in [0.15, 0.2) is 30.0 Å². The van der Waals surface area contributed by atoms with E-state index in [0.29, 0.717) is 6.54 Å². The van der Waals surface area contributed by atoms with Crippen LogP contribution in [0.2, 0.25) is 0 Å². The maximum Gasteiger partial charge on any atom is 0.237 e. The van der Waals surface area contributed by atoms with Gasteiger partial charge in [-0.15, -0.1) is 11.8 Å². The molecule has 1 unspecified atom stereocenters. The molecule has 1 amide bonds. The fourth-order valence-electron chi connectivity index (χ4n) is 3.15. The van der Waals surface area contributed by atoms with Crippen molar-refractivity contribution >= 4 is 22.6 Å². The van der Waals surface area contributed by atoms with Crippen molar-refractivity contribution < 1.29 is 4.79 Å². The quantitative estimate of drug-likeness (QED) is 0.920. The van der Waals surface area contributed by atoms with Crippen molar-refractivity contribution in [3.8, 4) is 0 Å². The third-order valence-electron chi connectivity index (χ3n) is 4.81. The van der Waals surface area contributed by atoms with Gasteiger partial charge in [-0.2, -0.15) is 0 Å². The first-order valence-electron chi connectivity index (χ1n) is 8.18. The van der Waals surface area contributed by atoms with Gasteiger partial charge in [0.1, 0.15) is 0 Å². The summed E-state index contributed by atoms with van der Waals surface area (Å²) >= 11 is 1.88. The highest BCUT2D eigenvalue weighted by Gasteiger charge is 2.27. The molecule has 1 atom stereocenters. The molecule has 1 aromatic carbocycles. The molecule has 0 spiro atoms. The van der Waals surface area contributed by atoms with E-state index in [9.17, 15) is 4.79 Å². The molecule has 2 heterocycles. The lowest BCUT2D eigenvalue weighted by atomic mass is 10.1. The van der Waals surface area contributed by atoms with Gasteiger partial charge in [0.2, 0.25) is 5.91 Å². The second-order valence-electron chi connectivity index (χ2n) is 6.44. The number of benzene rings is 1. The number of carbonyl (C=O) groups excluding carboxylic acids is 1. The van der Waals surface area contributed by atoms with E-state index in [4.69, 9.17) is 0 Å². The number of thioether (sulfide) groups is 1. The van der Waals surface area contributed by atoms with E-state index in [-0.39, 0.29) is 11.9 Å². The molecule has 3 rings (SSSR count). The van der Waals surface area contributed by atoms with E-state index >= 15 is 0 Å². The highest BCUT2D eigenvalue weighted by atomic mass is 32.2. The van der Waals surface area contributed by atoms with Crippen LogP contribution in [-0.2, 0) is 11.3 Å². The zero-order valence-corrected chi connectivity index (χ0v) is 14.9. The van der Waals surface area contributed by atoms with Gasteiger partial charge in [-0.3, -0.25) is 9.69 Å². The second-order valence-corrected chi connectivity index (χ2v) is 7.39. The molecular formula is C18H25N3OS. The third-order valence-corrected chi connectivity index (χ3v) is 6.15. The van der Waals surface area contributed by atoms with E-state index in [1.54, 1.807) is 0 Å². The minimum Gasteiger partial charge on any atom is -0.368 e. The van der Waals surface area contributed by atoms with Gasteiger partial charge >= 0.3 is 0 Å². The monoisotopic (exact) mass is 331 g/mol. The topological polar surface area (TPSA) is 35.6 Å². The standard InChI is InChI=1S/C18H25N3OS/c1-13-17(23-12-21(13)3)15-8-6-14(7-9-15)11-19-18(22)16-5-4-10-20(16)2/h6-9,16H,4-5,10-12H2,1-3H3,(H,19,22). The SMILES string of the molecule is CC1=C(c2ccc(CNC(=O)C3CCCN3C)cc2)SCN1C. The fraction of sp³-hybridized carbons (Fsp3) is 0.500. The number of carbonyl (C=O) groups is 1. The Balaban J connectivity index is 1.59. The zero-order valence-electron chi connectivity index (χ0n) is 14.1. The van der Waals surface area contributed by atoms with E-state index in [2.05, 4.69) is 53.4 Å². The Bertz CT molecular complexity index is 611. The van der Waals surface area contributed by atoms with Crippen LogP contribution in [0.4, 0.5) is 0 Å². The van der Waals surface area contributed by atoms with Crippen LogP contribution >= 0.6 is 11.8 Å². The predicted molar refractivity (Wildman–Crippen MR) is 96.8 cm³/mol. The first-order chi connectivity index (χ1) is 11.1. The van der Waals surface area contributed by atoms with E-state index in [1.165, 1.54) is 16.2 Å². The van der Waals surface area contributed by atoms with Gasteiger partial charge in [0.15, 0.2) is 0 Å². The molecule has 0 saturated carbocycles. The molecular weight excluding hydrogens is 306 g/mol. The first-order valence-corrected chi connectivity index (χ1v) is 9.17. The molecule has 0 aliphatic carbocycles. The van der Waals surface area contributed by atoms with Crippen LogP contribution in [0.25, 0.3) is 4.91 Å². The molecule has 0 bridgehead atoms. The van der Waals surface area contributed by atoms with Crippen molar-refractivity contribution in [2.45, 2.75) is 32.4 Å². The average Bonchev–Trinajstić information content (AvgIpc) is 3.12. The largest absolute Gasteiger partial charge is 0.368 e. The van der Waals surface area contributed by atoms with E-state index in [0.717, 1.165) is 30.8 Å². The fourth-order valence-corrected chi connectivity index (χ4v) is 4.33. The Hall–Kier alpha value is -1.46.